The summed E-state index contributed by atoms with van der Waals surface area (Å²) in [5.41, 5.74) is 8.78. The molecule has 2 aromatic carbocycles. The second kappa shape index (κ2) is 7.77. The van der Waals surface area contributed by atoms with Crippen LogP contribution in [0.4, 0.5) is 15.8 Å². The maximum absolute atomic E-state index is 13.1. The highest BCUT2D eigenvalue weighted by Crippen LogP contribution is 2.33. The molecule has 0 spiro atoms. The molecule has 1 aliphatic heterocycles. The molecule has 0 atom stereocenters. The summed E-state index contributed by atoms with van der Waals surface area (Å²) in [6, 6.07) is 11.3. The molecule has 144 valence electrons. The summed E-state index contributed by atoms with van der Waals surface area (Å²) in [4.78, 5) is 19.0. The minimum absolute atomic E-state index is 0.211. The number of amides is 1. The lowest BCUT2D eigenvalue weighted by Gasteiger charge is -2.31. The highest BCUT2D eigenvalue weighted by Gasteiger charge is 2.22. The number of nitrogens with zero attached hydrogens (tertiary/aromatic N) is 3. The number of aromatic nitrogens is 2. The minimum Gasteiger partial charge on any atom is -0.364 e. The minimum atomic E-state index is -0.372. The molecule has 3 N–H and O–H groups in total. The first kappa shape index (κ1) is 18.1. The standard InChI is InChI=1S/C20H20FN5O2/c21-14-8-6-13(7-9-14)20(27)23-16-4-1-5-17-15(16)3-2-10-26(17)12-18-24-19(11-22)28-25-18/h1,4-9H,2-3,10-12,22H2,(H,23,27). The van der Waals surface area contributed by atoms with Gasteiger partial charge in [-0.15, -0.1) is 0 Å². The van der Waals surface area contributed by atoms with Gasteiger partial charge < -0.3 is 20.5 Å². The van der Waals surface area contributed by atoms with E-state index in [2.05, 4.69) is 20.4 Å². The number of fused-ring (bicyclic) bond motifs is 1. The molecular formula is C20H20FN5O2. The van der Waals surface area contributed by atoms with Crippen molar-refractivity contribution in [2.45, 2.75) is 25.9 Å². The van der Waals surface area contributed by atoms with Gasteiger partial charge in [0.05, 0.1) is 13.1 Å². The zero-order chi connectivity index (χ0) is 19.5. The molecule has 0 bridgehead atoms. The van der Waals surface area contributed by atoms with Gasteiger partial charge in [0.15, 0.2) is 5.82 Å². The molecule has 0 radical (unpaired) electrons. The number of benzene rings is 2. The molecule has 1 aliphatic rings. The van der Waals surface area contributed by atoms with Crippen molar-refractivity contribution in [2.24, 2.45) is 5.73 Å². The predicted octanol–water partition coefficient (Wildman–Crippen LogP) is 2.87. The molecule has 28 heavy (non-hydrogen) atoms. The molecular weight excluding hydrogens is 361 g/mol. The molecule has 0 aliphatic carbocycles. The molecule has 2 heterocycles. The lowest BCUT2D eigenvalue weighted by Crippen LogP contribution is -2.30. The van der Waals surface area contributed by atoms with Crippen LogP contribution in [-0.4, -0.2) is 22.6 Å². The van der Waals surface area contributed by atoms with Gasteiger partial charge in [-0.1, -0.05) is 11.2 Å². The van der Waals surface area contributed by atoms with Crippen LogP contribution in [0.3, 0.4) is 0 Å². The molecule has 0 unspecified atom stereocenters. The summed E-state index contributed by atoms with van der Waals surface area (Å²) >= 11 is 0. The maximum Gasteiger partial charge on any atom is 0.255 e. The van der Waals surface area contributed by atoms with Gasteiger partial charge in [-0.25, -0.2) is 4.39 Å². The number of rotatable bonds is 5. The van der Waals surface area contributed by atoms with Crippen molar-refractivity contribution < 1.29 is 13.7 Å². The number of hydrogen-bond donors (Lipinski definition) is 2. The van der Waals surface area contributed by atoms with Crippen molar-refractivity contribution in [1.82, 2.24) is 10.1 Å². The van der Waals surface area contributed by atoms with Crippen LogP contribution in [0.25, 0.3) is 0 Å². The summed E-state index contributed by atoms with van der Waals surface area (Å²) in [6.45, 7) is 1.57. The van der Waals surface area contributed by atoms with Crippen LogP contribution < -0.4 is 16.0 Å². The van der Waals surface area contributed by atoms with Gasteiger partial charge in [0.1, 0.15) is 5.82 Å². The van der Waals surface area contributed by atoms with Crippen LogP contribution in [0.5, 0.6) is 0 Å². The van der Waals surface area contributed by atoms with E-state index in [1.807, 2.05) is 18.2 Å². The Hall–Kier alpha value is -3.26. The second-order valence-corrected chi connectivity index (χ2v) is 6.60. The van der Waals surface area contributed by atoms with E-state index in [4.69, 9.17) is 10.3 Å². The Bertz CT molecular complexity index is 987. The number of nitrogens with one attached hydrogen (secondary N) is 1. The van der Waals surface area contributed by atoms with E-state index < -0.39 is 0 Å². The van der Waals surface area contributed by atoms with Crippen molar-refractivity contribution in [3.63, 3.8) is 0 Å². The summed E-state index contributed by atoms with van der Waals surface area (Å²) in [6.07, 6.45) is 1.80. The predicted molar refractivity (Wildman–Crippen MR) is 102 cm³/mol. The fourth-order valence-electron chi connectivity index (χ4n) is 3.39. The Kier molecular flexibility index (Phi) is 5.03. The van der Waals surface area contributed by atoms with Crippen LogP contribution in [0.15, 0.2) is 47.0 Å². The van der Waals surface area contributed by atoms with E-state index in [-0.39, 0.29) is 18.3 Å². The van der Waals surface area contributed by atoms with E-state index in [1.165, 1.54) is 24.3 Å². The fourth-order valence-corrected chi connectivity index (χ4v) is 3.39. The van der Waals surface area contributed by atoms with E-state index >= 15 is 0 Å². The zero-order valence-corrected chi connectivity index (χ0v) is 15.2. The van der Waals surface area contributed by atoms with E-state index in [0.29, 0.717) is 23.8 Å². The Labute approximate surface area is 161 Å². The summed E-state index contributed by atoms with van der Waals surface area (Å²) in [5.74, 6) is 0.349. The first-order valence-corrected chi connectivity index (χ1v) is 9.09. The number of carbonyl (C=O) groups excluding carboxylic acids is 1. The molecule has 7 nitrogen and oxygen atoms in total. The van der Waals surface area contributed by atoms with Gasteiger partial charge in [0, 0.05) is 23.5 Å². The Morgan fingerprint density at radius 2 is 2.07 bits per heavy atom. The van der Waals surface area contributed by atoms with E-state index in [1.54, 1.807) is 0 Å². The highest BCUT2D eigenvalue weighted by atomic mass is 19.1. The summed E-state index contributed by atoms with van der Waals surface area (Å²) in [7, 11) is 0. The van der Waals surface area contributed by atoms with Gasteiger partial charge in [-0.3, -0.25) is 4.79 Å². The van der Waals surface area contributed by atoms with Crippen LogP contribution in [0.2, 0.25) is 0 Å². The van der Waals surface area contributed by atoms with Crippen molar-refractivity contribution in [2.75, 3.05) is 16.8 Å². The average molecular weight is 381 g/mol. The van der Waals surface area contributed by atoms with Crippen molar-refractivity contribution >= 4 is 17.3 Å². The summed E-state index contributed by atoms with van der Waals surface area (Å²) in [5, 5.41) is 6.91. The quantitative estimate of drug-likeness (QED) is 0.705. The average Bonchev–Trinajstić information content (AvgIpc) is 3.17. The smallest absolute Gasteiger partial charge is 0.255 e. The number of anilines is 2. The molecule has 3 aromatic rings. The number of carbonyl (C=O) groups is 1. The number of halogens is 1. The SMILES string of the molecule is NCc1nc(CN2CCCc3c(NC(=O)c4ccc(F)cc4)cccc32)no1. The van der Waals surface area contributed by atoms with Gasteiger partial charge >= 0.3 is 0 Å². The van der Waals surface area contributed by atoms with Crippen LogP contribution >= 0.6 is 0 Å². The third-order valence-corrected chi connectivity index (χ3v) is 4.72. The van der Waals surface area contributed by atoms with E-state index in [0.717, 1.165) is 36.3 Å². The molecule has 4 rings (SSSR count). The summed E-state index contributed by atoms with van der Waals surface area (Å²) < 4.78 is 18.2. The number of hydrogen-bond acceptors (Lipinski definition) is 6. The van der Waals surface area contributed by atoms with Gasteiger partial charge in [-0.05, 0) is 54.8 Å². The van der Waals surface area contributed by atoms with Gasteiger partial charge in [0.2, 0.25) is 5.89 Å². The topological polar surface area (TPSA) is 97.3 Å². The third-order valence-electron chi connectivity index (χ3n) is 4.72. The molecule has 0 fully saturated rings. The Morgan fingerprint density at radius 1 is 1.25 bits per heavy atom. The molecule has 1 amide bonds. The lowest BCUT2D eigenvalue weighted by molar-refractivity contribution is 0.102. The Morgan fingerprint density at radius 3 is 2.82 bits per heavy atom. The highest BCUT2D eigenvalue weighted by molar-refractivity contribution is 6.05. The first-order valence-electron chi connectivity index (χ1n) is 9.09. The monoisotopic (exact) mass is 381 g/mol. The fraction of sp³-hybridized carbons (Fsp3) is 0.250. The van der Waals surface area contributed by atoms with Gasteiger partial charge in [-0.2, -0.15) is 4.98 Å². The van der Waals surface area contributed by atoms with Gasteiger partial charge in [0.25, 0.3) is 5.91 Å². The lowest BCUT2D eigenvalue weighted by atomic mass is 9.99. The molecule has 0 saturated heterocycles. The van der Waals surface area contributed by atoms with Crippen molar-refractivity contribution in [3.05, 3.63) is 71.1 Å². The van der Waals surface area contributed by atoms with Crippen LogP contribution in [0.1, 0.15) is 34.1 Å². The van der Waals surface area contributed by atoms with E-state index in [9.17, 15) is 9.18 Å². The van der Waals surface area contributed by atoms with Crippen LogP contribution in [0, 0.1) is 5.82 Å². The third kappa shape index (κ3) is 3.72. The maximum atomic E-state index is 13.1. The first-order chi connectivity index (χ1) is 13.6. The second-order valence-electron chi connectivity index (χ2n) is 6.60. The van der Waals surface area contributed by atoms with Crippen LogP contribution in [-0.2, 0) is 19.5 Å². The van der Waals surface area contributed by atoms with Crippen molar-refractivity contribution in [1.29, 1.82) is 0 Å². The molecule has 1 aromatic heterocycles. The normalized spacial score (nSPS) is 13.3. The zero-order valence-electron chi connectivity index (χ0n) is 15.2. The molecule has 0 saturated carbocycles. The van der Waals surface area contributed by atoms with Crippen molar-refractivity contribution in [3.8, 4) is 0 Å². The number of nitrogens with two attached hydrogens (primary N) is 1. The Balaban J connectivity index is 1.56. The molecule has 8 heteroatoms. The largest absolute Gasteiger partial charge is 0.364 e.